The number of hydrogen-bond acceptors (Lipinski definition) is 3. The third-order valence-electron chi connectivity index (χ3n) is 1.84. The highest BCUT2D eigenvalue weighted by Crippen LogP contribution is 2.08. The summed E-state index contributed by atoms with van der Waals surface area (Å²) < 4.78 is 1.77. The van der Waals surface area contributed by atoms with Crippen LogP contribution in [-0.4, -0.2) is 27.7 Å². The molecule has 0 aliphatic carbocycles. The molecule has 1 aromatic heterocycles. The van der Waals surface area contributed by atoms with Gasteiger partial charge < -0.3 is 4.57 Å². The van der Waals surface area contributed by atoms with Gasteiger partial charge in [-0.25, -0.2) is 0 Å². The van der Waals surface area contributed by atoms with Crippen LogP contribution in [0.3, 0.4) is 0 Å². The molecule has 5 heteroatoms. The largest absolute Gasteiger partial charge is 0.300 e. The average molecular weight is 168 g/mol. The Kier molecular flexibility index (Phi) is 2.12. The topological polar surface area (TPSA) is 51.0 Å². The van der Waals surface area contributed by atoms with Crippen LogP contribution in [0.1, 0.15) is 12.7 Å². The number of amides is 1. The normalized spacial score (nSPS) is 10.0. The molecule has 0 N–H and O–H groups in total. The average Bonchev–Trinajstić information content (AvgIpc) is 2.32. The van der Waals surface area contributed by atoms with Gasteiger partial charge in [0.1, 0.15) is 5.82 Å². The van der Waals surface area contributed by atoms with E-state index in [0.29, 0.717) is 5.95 Å². The lowest BCUT2D eigenvalue weighted by molar-refractivity contribution is -0.116. The Morgan fingerprint density at radius 1 is 1.50 bits per heavy atom. The second-order valence-electron chi connectivity index (χ2n) is 2.68. The van der Waals surface area contributed by atoms with Crippen molar-refractivity contribution in [1.29, 1.82) is 0 Å². The number of anilines is 1. The van der Waals surface area contributed by atoms with Crippen LogP contribution in [0.15, 0.2) is 0 Å². The SMILES string of the molecule is CC(=O)N(C)c1nnc(C)n1C. The zero-order valence-corrected chi connectivity index (χ0v) is 7.70. The standard InChI is InChI=1S/C7H12N4O/c1-5-8-9-7(10(5)3)11(4)6(2)12/h1-4H3. The second-order valence-corrected chi connectivity index (χ2v) is 2.68. The molecule has 0 bridgehead atoms. The van der Waals surface area contributed by atoms with Gasteiger partial charge in [0.05, 0.1) is 0 Å². The van der Waals surface area contributed by atoms with E-state index in [1.165, 1.54) is 11.8 Å². The van der Waals surface area contributed by atoms with Gasteiger partial charge in [0.15, 0.2) is 0 Å². The molecule has 0 aliphatic heterocycles. The summed E-state index contributed by atoms with van der Waals surface area (Å²) in [5, 5.41) is 7.69. The van der Waals surface area contributed by atoms with Crippen LogP contribution < -0.4 is 4.90 Å². The maximum Gasteiger partial charge on any atom is 0.233 e. The molecule has 12 heavy (non-hydrogen) atoms. The number of carbonyl (C=O) groups is 1. The zero-order chi connectivity index (χ0) is 9.30. The van der Waals surface area contributed by atoms with Crippen molar-refractivity contribution in [3.8, 4) is 0 Å². The monoisotopic (exact) mass is 168 g/mol. The number of nitrogens with zero attached hydrogens (tertiary/aromatic N) is 4. The fraction of sp³-hybridized carbons (Fsp3) is 0.571. The third-order valence-corrected chi connectivity index (χ3v) is 1.84. The van der Waals surface area contributed by atoms with Gasteiger partial charge in [-0.1, -0.05) is 0 Å². The van der Waals surface area contributed by atoms with Crippen molar-refractivity contribution in [2.24, 2.45) is 7.05 Å². The van der Waals surface area contributed by atoms with Crippen LogP contribution in [-0.2, 0) is 11.8 Å². The molecule has 1 amide bonds. The van der Waals surface area contributed by atoms with Crippen molar-refractivity contribution in [3.05, 3.63) is 5.82 Å². The number of aromatic nitrogens is 3. The highest BCUT2D eigenvalue weighted by molar-refractivity contribution is 5.88. The summed E-state index contributed by atoms with van der Waals surface area (Å²) >= 11 is 0. The lowest BCUT2D eigenvalue weighted by Gasteiger charge is -2.12. The number of rotatable bonds is 1. The second kappa shape index (κ2) is 2.92. The maximum atomic E-state index is 11.0. The van der Waals surface area contributed by atoms with Crippen LogP contribution >= 0.6 is 0 Å². The molecule has 1 rings (SSSR count). The summed E-state index contributed by atoms with van der Waals surface area (Å²) in [5.41, 5.74) is 0. The van der Waals surface area contributed by atoms with Gasteiger partial charge in [-0.15, -0.1) is 10.2 Å². The van der Waals surface area contributed by atoms with Crippen molar-refractivity contribution in [2.75, 3.05) is 11.9 Å². The van der Waals surface area contributed by atoms with Crippen LogP contribution in [0.2, 0.25) is 0 Å². The smallest absolute Gasteiger partial charge is 0.233 e. The number of aryl methyl sites for hydroxylation is 1. The molecule has 1 aromatic rings. The molecule has 0 atom stereocenters. The summed E-state index contributed by atoms with van der Waals surface area (Å²) in [5.74, 6) is 1.31. The molecule has 66 valence electrons. The fourth-order valence-corrected chi connectivity index (χ4v) is 0.829. The minimum Gasteiger partial charge on any atom is -0.300 e. The highest BCUT2D eigenvalue weighted by atomic mass is 16.2. The van der Waals surface area contributed by atoms with Crippen LogP contribution in [0.4, 0.5) is 5.95 Å². The Bertz CT molecular complexity index is 304. The Labute approximate surface area is 71.0 Å². The first kappa shape index (κ1) is 8.70. The first-order valence-electron chi connectivity index (χ1n) is 3.64. The first-order chi connectivity index (χ1) is 5.54. The van der Waals surface area contributed by atoms with Gasteiger partial charge in [0, 0.05) is 21.0 Å². The molecule has 1 heterocycles. The van der Waals surface area contributed by atoms with E-state index in [1.807, 2.05) is 14.0 Å². The quantitative estimate of drug-likeness (QED) is 0.598. The summed E-state index contributed by atoms with van der Waals surface area (Å²) in [6, 6.07) is 0. The van der Waals surface area contributed by atoms with E-state index in [9.17, 15) is 4.79 Å². The highest BCUT2D eigenvalue weighted by Gasteiger charge is 2.12. The molecule has 0 saturated heterocycles. The number of hydrogen-bond donors (Lipinski definition) is 0. The minimum atomic E-state index is -0.0505. The summed E-state index contributed by atoms with van der Waals surface area (Å²) in [4.78, 5) is 12.4. The molecule has 0 radical (unpaired) electrons. The summed E-state index contributed by atoms with van der Waals surface area (Å²) in [7, 11) is 3.50. The minimum absolute atomic E-state index is 0.0505. The molecule has 0 spiro atoms. The molecular weight excluding hydrogens is 156 g/mol. The fourth-order valence-electron chi connectivity index (χ4n) is 0.829. The lowest BCUT2D eigenvalue weighted by atomic mass is 10.6. The Balaban J connectivity index is 3.03. The predicted octanol–water partition coefficient (Wildman–Crippen LogP) is 0.106. The Morgan fingerprint density at radius 2 is 2.08 bits per heavy atom. The van der Waals surface area contributed by atoms with E-state index in [-0.39, 0.29) is 5.91 Å². The van der Waals surface area contributed by atoms with Gasteiger partial charge in [0.25, 0.3) is 0 Å². The van der Waals surface area contributed by atoms with E-state index >= 15 is 0 Å². The Morgan fingerprint density at radius 3 is 2.42 bits per heavy atom. The van der Waals surface area contributed by atoms with E-state index in [0.717, 1.165) is 5.82 Å². The van der Waals surface area contributed by atoms with E-state index < -0.39 is 0 Å². The molecule has 0 saturated carbocycles. The van der Waals surface area contributed by atoms with Crippen molar-refractivity contribution < 1.29 is 4.79 Å². The van der Waals surface area contributed by atoms with Gasteiger partial charge in [0.2, 0.25) is 11.9 Å². The van der Waals surface area contributed by atoms with Crippen LogP contribution in [0.5, 0.6) is 0 Å². The lowest BCUT2D eigenvalue weighted by Crippen LogP contribution is -2.25. The van der Waals surface area contributed by atoms with E-state index in [4.69, 9.17) is 0 Å². The maximum absolute atomic E-state index is 11.0. The summed E-state index contributed by atoms with van der Waals surface area (Å²) in [6.45, 7) is 3.33. The summed E-state index contributed by atoms with van der Waals surface area (Å²) in [6.07, 6.45) is 0. The van der Waals surface area contributed by atoms with Gasteiger partial charge in [-0.3, -0.25) is 9.69 Å². The van der Waals surface area contributed by atoms with Crippen LogP contribution in [0, 0.1) is 6.92 Å². The van der Waals surface area contributed by atoms with E-state index in [2.05, 4.69) is 10.2 Å². The molecule has 0 fully saturated rings. The van der Waals surface area contributed by atoms with Crippen molar-refractivity contribution >= 4 is 11.9 Å². The molecule has 0 aliphatic rings. The van der Waals surface area contributed by atoms with Gasteiger partial charge in [-0.2, -0.15) is 0 Å². The number of carbonyl (C=O) groups excluding carboxylic acids is 1. The van der Waals surface area contributed by atoms with E-state index in [1.54, 1.807) is 11.6 Å². The van der Waals surface area contributed by atoms with Crippen molar-refractivity contribution in [1.82, 2.24) is 14.8 Å². The molecular formula is C7H12N4O. The molecule has 5 nitrogen and oxygen atoms in total. The van der Waals surface area contributed by atoms with Crippen molar-refractivity contribution in [3.63, 3.8) is 0 Å². The molecule has 0 aromatic carbocycles. The predicted molar refractivity (Wildman–Crippen MR) is 44.8 cm³/mol. The Hall–Kier alpha value is -1.39. The molecule has 0 unspecified atom stereocenters. The third kappa shape index (κ3) is 1.30. The first-order valence-corrected chi connectivity index (χ1v) is 3.64. The zero-order valence-electron chi connectivity index (χ0n) is 7.70. The van der Waals surface area contributed by atoms with Gasteiger partial charge in [-0.05, 0) is 6.92 Å². The van der Waals surface area contributed by atoms with Gasteiger partial charge >= 0.3 is 0 Å². The van der Waals surface area contributed by atoms with Crippen LogP contribution in [0.25, 0.3) is 0 Å². The van der Waals surface area contributed by atoms with Crippen molar-refractivity contribution in [2.45, 2.75) is 13.8 Å².